The van der Waals surface area contributed by atoms with Gasteiger partial charge in [-0.3, -0.25) is 4.90 Å². The fourth-order valence-corrected chi connectivity index (χ4v) is 5.33. The first kappa shape index (κ1) is 28.2. The third-order valence-corrected chi connectivity index (χ3v) is 7.44. The Morgan fingerprint density at radius 1 is 0.763 bits per heavy atom. The van der Waals surface area contributed by atoms with Crippen LogP contribution in [-0.2, 0) is 12.4 Å². The minimum Gasteiger partial charge on any atom is -0.296 e. The van der Waals surface area contributed by atoms with E-state index in [1.165, 1.54) is 24.3 Å². The molecule has 3 aromatic carbocycles. The summed E-state index contributed by atoms with van der Waals surface area (Å²) in [5.74, 6) is 0.710. The maximum Gasteiger partial charge on any atom is 0.416 e. The van der Waals surface area contributed by atoms with Gasteiger partial charge in [-0.25, -0.2) is 0 Å². The van der Waals surface area contributed by atoms with Crippen LogP contribution in [0.1, 0.15) is 73.7 Å². The van der Waals surface area contributed by atoms with Crippen molar-refractivity contribution < 1.29 is 26.3 Å². The summed E-state index contributed by atoms with van der Waals surface area (Å²) in [6.07, 6.45) is -4.95. The summed E-state index contributed by atoms with van der Waals surface area (Å²) in [6.45, 7) is 5.95. The highest BCUT2D eigenvalue weighted by molar-refractivity contribution is 5.64. The average Bonchev–Trinajstić information content (AvgIpc) is 2.88. The van der Waals surface area contributed by atoms with E-state index in [0.29, 0.717) is 5.92 Å². The second kappa shape index (κ2) is 11.5. The lowest BCUT2D eigenvalue weighted by Gasteiger charge is -2.39. The maximum absolute atomic E-state index is 13.1. The van der Waals surface area contributed by atoms with Crippen LogP contribution in [0.15, 0.2) is 72.8 Å². The molecule has 2 atom stereocenters. The molecule has 0 bridgehead atoms. The fraction of sp³-hybridized carbons (Fsp3) is 0.419. The highest BCUT2D eigenvalue weighted by Gasteiger charge is 2.32. The van der Waals surface area contributed by atoms with E-state index in [-0.39, 0.29) is 12.0 Å². The highest BCUT2D eigenvalue weighted by Crippen LogP contribution is 2.38. The zero-order valence-corrected chi connectivity index (χ0v) is 21.6. The van der Waals surface area contributed by atoms with E-state index in [4.69, 9.17) is 0 Å². The molecule has 0 aromatic heterocycles. The molecule has 38 heavy (non-hydrogen) atoms. The summed E-state index contributed by atoms with van der Waals surface area (Å²) in [5.41, 5.74) is 2.32. The van der Waals surface area contributed by atoms with Gasteiger partial charge >= 0.3 is 12.4 Å². The van der Waals surface area contributed by atoms with Crippen molar-refractivity contribution in [1.29, 1.82) is 0 Å². The van der Waals surface area contributed by atoms with Crippen LogP contribution in [0.5, 0.6) is 0 Å². The first-order valence-electron chi connectivity index (χ1n) is 13.1. The van der Waals surface area contributed by atoms with Crippen molar-refractivity contribution in [2.75, 3.05) is 13.1 Å². The van der Waals surface area contributed by atoms with E-state index in [1.807, 2.05) is 12.1 Å². The molecule has 0 saturated carbocycles. The van der Waals surface area contributed by atoms with Gasteiger partial charge in [-0.05, 0) is 90.6 Å². The van der Waals surface area contributed by atoms with Gasteiger partial charge in [-0.1, -0.05) is 62.4 Å². The lowest BCUT2D eigenvalue weighted by atomic mass is 9.86. The van der Waals surface area contributed by atoms with Crippen LogP contribution < -0.4 is 0 Å². The van der Waals surface area contributed by atoms with Gasteiger partial charge in [-0.2, -0.15) is 26.3 Å². The Bertz CT molecular complexity index is 1180. The molecule has 0 N–H and O–H groups in total. The van der Waals surface area contributed by atoms with E-state index < -0.39 is 23.5 Å². The molecule has 1 aliphatic rings. The van der Waals surface area contributed by atoms with Crippen LogP contribution in [0.4, 0.5) is 26.3 Å². The van der Waals surface area contributed by atoms with Crippen LogP contribution in [0.2, 0.25) is 0 Å². The van der Waals surface area contributed by atoms with Crippen molar-refractivity contribution in [2.24, 2.45) is 5.92 Å². The standard InChI is InChI=1S/C31H33F6N/c1-21(2)8-17-29(23-11-15-28(16-12-23)31(35,36)37)38-18-4-7-26(20-38)25-6-3-5-24(19-25)22-9-13-27(14-10-22)30(32,33)34/h3,5-6,9-16,19,21,26,29H,4,7-8,17-18,20H2,1-2H3. The monoisotopic (exact) mass is 533 g/mol. The Hall–Kier alpha value is -2.80. The molecule has 204 valence electrons. The zero-order valence-electron chi connectivity index (χ0n) is 21.6. The highest BCUT2D eigenvalue weighted by atomic mass is 19.4. The quantitative estimate of drug-likeness (QED) is 0.273. The molecule has 2 unspecified atom stereocenters. The molecule has 1 fully saturated rings. The molecule has 1 heterocycles. The second-order valence-corrected chi connectivity index (χ2v) is 10.6. The van der Waals surface area contributed by atoms with Gasteiger partial charge in [0, 0.05) is 12.6 Å². The Morgan fingerprint density at radius 3 is 1.95 bits per heavy atom. The van der Waals surface area contributed by atoms with Gasteiger partial charge in [0.15, 0.2) is 0 Å². The summed E-state index contributed by atoms with van der Waals surface area (Å²) in [4.78, 5) is 2.39. The molecular weight excluding hydrogens is 500 g/mol. The SMILES string of the molecule is CC(C)CCC(c1ccc(C(F)(F)F)cc1)N1CCCC(c2cccc(-c3ccc(C(F)(F)F)cc3)c2)C1. The number of piperidine rings is 1. The van der Waals surface area contributed by atoms with E-state index in [9.17, 15) is 26.3 Å². The van der Waals surface area contributed by atoms with Crippen LogP contribution >= 0.6 is 0 Å². The molecule has 0 aliphatic carbocycles. The predicted octanol–water partition coefficient (Wildman–Crippen LogP) is 9.75. The third-order valence-electron chi connectivity index (χ3n) is 7.44. The van der Waals surface area contributed by atoms with Gasteiger partial charge in [-0.15, -0.1) is 0 Å². The van der Waals surface area contributed by atoms with Crippen molar-refractivity contribution >= 4 is 0 Å². The minimum absolute atomic E-state index is 0.0283. The molecule has 1 saturated heterocycles. The number of benzene rings is 3. The summed E-state index contributed by atoms with van der Waals surface area (Å²) in [7, 11) is 0. The molecule has 1 aliphatic heterocycles. The number of halogens is 6. The van der Waals surface area contributed by atoms with Gasteiger partial charge in [0.25, 0.3) is 0 Å². The van der Waals surface area contributed by atoms with Crippen molar-refractivity contribution in [3.63, 3.8) is 0 Å². The van der Waals surface area contributed by atoms with Crippen molar-refractivity contribution in [3.05, 3.63) is 95.1 Å². The minimum atomic E-state index is -4.37. The van der Waals surface area contributed by atoms with Crippen LogP contribution in [-0.4, -0.2) is 18.0 Å². The Morgan fingerprint density at radius 2 is 1.37 bits per heavy atom. The van der Waals surface area contributed by atoms with Crippen molar-refractivity contribution in [3.8, 4) is 11.1 Å². The molecule has 0 spiro atoms. The molecule has 0 amide bonds. The van der Waals surface area contributed by atoms with E-state index in [2.05, 4.69) is 30.9 Å². The number of hydrogen-bond acceptors (Lipinski definition) is 1. The lowest BCUT2D eigenvalue weighted by molar-refractivity contribution is -0.138. The van der Waals surface area contributed by atoms with Crippen molar-refractivity contribution in [1.82, 2.24) is 4.90 Å². The lowest BCUT2D eigenvalue weighted by Crippen LogP contribution is -2.37. The zero-order chi connectivity index (χ0) is 27.5. The molecule has 7 heteroatoms. The first-order chi connectivity index (χ1) is 17.9. The number of likely N-dealkylation sites (tertiary alicyclic amines) is 1. The van der Waals surface area contributed by atoms with Gasteiger partial charge in [0.05, 0.1) is 11.1 Å². The molecule has 0 radical (unpaired) electrons. The second-order valence-electron chi connectivity index (χ2n) is 10.6. The average molecular weight is 534 g/mol. The smallest absolute Gasteiger partial charge is 0.296 e. The predicted molar refractivity (Wildman–Crippen MR) is 139 cm³/mol. The number of alkyl halides is 6. The molecule has 4 rings (SSSR count). The first-order valence-corrected chi connectivity index (χ1v) is 13.1. The van der Waals surface area contributed by atoms with Gasteiger partial charge < -0.3 is 0 Å². The number of rotatable bonds is 7. The largest absolute Gasteiger partial charge is 0.416 e. The Labute approximate surface area is 220 Å². The van der Waals surface area contributed by atoms with Crippen LogP contribution in [0, 0.1) is 5.92 Å². The van der Waals surface area contributed by atoms with Crippen molar-refractivity contribution in [2.45, 2.75) is 63.8 Å². The summed E-state index contributed by atoms with van der Waals surface area (Å²) in [5, 5.41) is 0. The van der Waals surface area contributed by atoms with Crippen LogP contribution in [0.3, 0.4) is 0 Å². The summed E-state index contributed by atoms with van der Waals surface area (Å²) >= 11 is 0. The third kappa shape index (κ3) is 6.99. The van der Waals surface area contributed by atoms with Crippen LogP contribution in [0.25, 0.3) is 11.1 Å². The van der Waals surface area contributed by atoms with E-state index >= 15 is 0 Å². The molecule has 1 nitrogen and oxygen atoms in total. The van der Waals surface area contributed by atoms with Gasteiger partial charge in [0.1, 0.15) is 0 Å². The Kier molecular flexibility index (Phi) is 8.55. The normalized spacial score (nSPS) is 18.1. The Balaban J connectivity index is 1.55. The maximum atomic E-state index is 13.1. The molecule has 3 aromatic rings. The topological polar surface area (TPSA) is 3.24 Å². The molecular formula is C31H33F6N. The van der Waals surface area contributed by atoms with E-state index in [0.717, 1.165) is 73.2 Å². The van der Waals surface area contributed by atoms with Gasteiger partial charge in [0.2, 0.25) is 0 Å². The number of hydrogen-bond donors (Lipinski definition) is 0. The van der Waals surface area contributed by atoms with E-state index in [1.54, 1.807) is 12.1 Å². The number of nitrogens with zero attached hydrogens (tertiary/aromatic N) is 1. The summed E-state index contributed by atoms with van der Waals surface area (Å²) in [6, 6.07) is 18.8. The fourth-order valence-electron chi connectivity index (χ4n) is 5.33. The summed E-state index contributed by atoms with van der Waals surface area (Å²) < 4.78 is 78.3.